The van der Waals surface area contributed by atoms with Gasteiger partial charge in [-0.2, -0.15) is 0 Å². The van der Waals surface area contributed by atoms with Crippen molar-refractivity contribution in [2.24, 2.45) is 0 Å². The molecule has 2 aromatic rings. The van der Waals surface area contributed by atoms with Crippen molar-refractivity contribution in [1.29, 1.82) is 0 Å². The molecule has 0 atom stereocenters. The summed E-state index contributed by atoms with van der Waals surface area (Å²) in [5, 5.41) is 11.0. The Morgan fingerprint density at radius 3 is 2.90 bits per heavy atom. The van der Waals surface area contributed by atoms with E-state index in [9.17, 15) is 14.9 Å². The summed E-state index contributed by atoms with van der Waals surface area (Å²) in [6, 6.07) is 8.08. The van der Waals surface area contributed by atoms with Crippen LogP contribution in [0.1, 0.15) is 17.3 Å². The predicted molar refractivity (Wildman–Crippen MR) is 72.3 cm³/mol. The van der Waals surface area contributed by atoms with Crippen LogP contribution < -0.4 is 0 Å². The van der Waals surface area contributed by atoms with Gasteiger partial charge in [-0.05, 0) is 30.7 Å². The molecular weight excluding hydrogens is 260 g/mol. The van der Waals surface area contributed by atoms with Crippen LogP contribution in [0, 0.1) is 10.1 Å². The summed E-state index contributed by atoms with van der Waals surface area (Å²) in [7, 11) is 0. The molecule has 0 saturated heterocycles. The molecule has 0 aliphatic rings. The summed E-state index contributed by atoms with van der Waals surface area (Å²) < 4.78 is 4.91. The minimum atomic E-state index is -0.501. The number of benzene rings is 1. The van der Waals surface area contributed by atoms with Gasteiger partial charge in [-0.25, -0.2) is 4.79 Å². The first kappa shape index (κ1) is 13.7. The summed E-state index contributed by atoms with van der Waals surface area (Å²) in [4.78, 5) is 25.9. The van der Waals surface area contributed by atoms with Crippen molar-refractivity contribution >= 4 is 11.7 Å². The quantitative estimate of drug-likeness (QED) is 0.485. The molecule has 6 nitrogen and oxygen atoms in total. The van der Waals surface area contributed by atoms with Crippen molar-refractivity contribution < 1.29 is 14.5 Å². The van der Waals surface area contributed by atoms with Crippen LogP contribution >= 0.6 is 0 Å². The molecule has 0 amide bonds. The van der Waals surface area contributed by atoms with Gasteiger partial charge >= 0.3 is 5.97 Å². The third-order valence-corrected chi connectivity index (χ3v) is 2.68. The van der Waals surface area contributed by atoms with Gasteiger partial charge in [0, 0.05) is 6.20 Å². The van der Waals surface area contributed by atoms with Crippen LogP contribution in [0.3, 0.4) is 0 Å². The van der Waals surface area contributed by atoms with Gasteiger partial charge in [-0.15, -0.1) is 0 Å². The zero-order chi connectivity index (χ0) is 14.5. The second-order valence-corrected chi connectivity index (χ2v) is 3.95. The van der Waals surface area contributed by atoms with E-state index >= 15 is 0 Å². The molecule has 2 rings (SSSR count). The zero-order valence-electron chi connectivity index (χ0n) is 10.8. The fraction of sp³-hybridized carbons (Fsp3) is 0.143. The fourth-order valence-electron chi connectivity index (χ4n) is 1.80. The number of hydrogen-bond donors (Lipinski definition) is 0. The number of hydrogen-bond acceptors (Lipinski definition) is 5. The maximum Gasteiger partial charge on any atom is 0.338 e. The summed E-state index contributed by atoms with van der Waals surface area (Å²) in [6.07, 6.45) is 2.66. The lowest BCUT2D eigenvalue weighted by Crippen LogP contribution is -2.04. The third kappa shape index (κ3) is 2.80. The smallest absolute Gasteiger partial charge is 0.338 e. The Bertz CT molecular complexity index is 655. The van der Waals surface area contributed by atoms with Crippen molar-refractivity contribution in [2.45, 2.75) is 6.92 Å². The maximum absolute atomic E-state index is 11.7. The molecule has 6 heteroatoms. The molecule has 0 unspecified atom stereocenters. The van der Waals surface area contributed by atoms with Crippen molar-refractivity contribution in [3.63, 3.8) is 0 Å². The minimum absolute atomic E-state index is 0.103. The molecular formula is C14H12N2O4. The molecule has 0 N–H and O–H groups in total. The van der Waals surface area contributed by atoms with Crippen molar-refractivity contribution in [3.05, 3.63) is 58.4 Å². The summed E-state index contributed by atoms with van der Waals surface area (Å²) in [5.74, 6) is -0.453. The Morgan fingerprint density at radius 1 is 1.40 bits per heavy atom. The van der Waals surface area contributed by atoms with Gasteiger partial charge in [0.25, 0.3) is 5.69 Å². The minimum Gasteiger partial charge on any atom is -0.462 e. The second kappa shape index (κ2) is 5.92. The Hall–Kier alpha value is -2.76. The first-order valence-electron chi connectivity index (χ1n) is 5.99. The number of pyridine rings is 1. The Morgan fingerprint density at radius 2 is 2.20 bits per heavy atom. The Balaban J connectivity index is 2.46. The molecule has 1 aromatic carbocycles. The largest absolute Gasteiger partial charge is 0.462 e. The lowest BCUT2D eigenvalue weighted by atomic mass is 10.0. The van der Waals surface area contributed by atoms with E-state index in [2.05, 4.69) is 4.98 Å². The van der Waals surface area contributed by atoms with E-state index < -0.39 is 10.9 Å². The highest BCUT2D eigenvalue weighted by Crippen LogP contribution is 2.29. The van der Waals surface area contributed by atoms with Gasteiger partial charge in [-0.3, -0.25) is 15.1 Å². The van der Waals surface area contributed by atoms with Crippen LogP contribution in [0.2, 0.25) is 0 Å². The lowest BCUT2D eigenvalue weighted by molar-refractivity contribution is -0.384. The highest BCUT2D eigenvalue weighted by molar-refractivity contribution is 5.91. The highest BCUT2D eigenvalue weighted by atomic mass is 16.6. The normalized spacial score (nSPS) is 10.1. The van der Waals surface area contributed by atoms with Gasteiger partial charge in [0.2, 0.25) is 0 Å². The van der Waals surface area contributed by atoms with E-state index in [1.165, 1.54) is 12.4 Å². The number of esters is 1. The maximum atomic E-state index is 11.7. The number of carbonyl (C=O) groups excluding carboxylic acids is 1. The Labute approximate surface area is 115 Å². The average molecular weight is 272 g/mol. The van der Waals surface area contributed by atoms with Gasteiger partial charge < -0.3 is 4.74 Å². The van der Waals surface area contributed by atoms with E-state index in [1.807, 2.05) is 0 Å². The molecule has 102 valence electrons. The molecule has 20 heavy (non-hydrogen) atoms. The summed E-state index contributed by atoms with van der Waals surface area (Å²) >= 11 is 0. The zero-order valence-corrected chi connectivity index (χ0v) is 10.8. The van der Waals surface area contributed by atoms with Crippen LogP contribution in [-0.2, 0) is 4.74 Å². The monoisotopic (exact) mass is 272 g/mol. The number of carbonyl (C=O) groups is 1. The highest BCUT2D eigenvalue weighted by Gasteiger charge is 2.16. The van der Waals surface area contributed by atoms with Gasteiger partial charge in [0.1, 0.15) is 6.20 Å². The predicted octanol–water partition coefficient (Wildman–Crippen LogP) is 2.83. The van der Waals surface area contributed by atoms with Crippen LogP contribution in [-0.4, -0.2) is 22.5 Å². The number of ether oxygens (including phenoxy) is 1. The molecule has 0 fully saturated rings. The van der Waals surface area contributed by atoms with Crippen LogP contribution in [0.25, 0.3) is 11.1 Å². The van der Waals surface area contributed by atoms with Crippen LogP contribution in [0.5, 0.6) is 0 Å². The van der Waals surface area contributed by atoms with E-state index in [4.69, 9.17) is 4.74 Å². The molecule has 0 bridgehead atoms. The molecule has 1 aromatic heterocycles. The number of rotatable bonds is 4. The van der Waals surface area contributed by atoms with Crippen molar-refractivity contribution in [1.82, 2.24) is 4.98 Å². The summed E-state index contributed by atoms with van der Waals surface area (Å²) in [6.45, 7) is 1.99. The second-order valence-electron chi connectivity index (χ2n) is 3.95. The first-order chi connectivity index (χ1) is 9.63. The number of aromatic nitrogens is 1. The van der Waals surface area contributed by atoms with Crippen LogP contribution in [0.4, 0.5) is 5.69 Å². The molecule has 0 aliphatic heterocycles. The molecule has 0 radical (unpaired) electrons. The van der Waals surface area contributed by atoms with E-state index in [0.717, 1.165) is 0 Å². The number of nitro groups is 1. The van der Waals surface area contributed by atoms with Gasteiger partial charge in [0.05, 0.1) is 22.7 Å². The molecule has 0 spiro atoms. The van der Waals surface area contributed by atoms with Crippen molar-refractivity contribution in [3.8, 4) is 11.1 Å². The topological polar surface area (TPSA) is 82.3 Å². The van der Waals surface area contributed by atoms with E-state index in [0.29, 0.717) is 16.7 Å². The molecule has 0 aliphatic carbocycles. The van der Waals surface area contributed by atoms with E-state index in [1.54, 1.807) is 37.3 Å². The standard InChI is InChI=1S/C14H12N2O4/c1-2-20-14(17)11-5-3-4-10(8-11)12-6-7-15-9-13(12)16(18)19/h3-9H,2H2,1H3. The third-order valence-electron chi connectivity index (χ3n) is 2.68. The average Bonchev–Trinajstić information content (AvgIpc) is 2.47. The molecule has 0 saturated carbocycles. The lowest BCUT2D eigenvalue weighted by Gasteiger charge is -2.05. The van der Waals surface area contributed by atoms with Gasteiger partial charge in [-0.1, -0.05) is 12.1 Å². The van der Waals surface area contributed by atoms with E-state index in [-0.39, 0.29) is 12.3 Å². The Kier molecular flexibility index (Phi) is 4.05. The first-order valence-corrected chi connectivity index (χ1v) is 5.99. The fourth-order valence-corrected chi connectivity index (χ4v) is 1.80. The van der Waals surface area contributed by atoms with Crippen molar-refractivity contribution in [2.75, 3.05) is 6.61 Å². The van der Waals surface area contributed by atoms with Crippen LogP contribution in [0.15, 0.2) is 42.7 Å². The SMILES string of the molecule is CCOC(=O)c1cccc(-c2ccncc2[N+](=O)[O-])c1. The number of nitrogens with zero attached hydrogens (tertiary/aromatic N) is 2. The molecule has 1 heterocycles. The summed E-state index contributed by atoms with van der Waals surface area (Å²) in [5.41, 5.74) is 1.24. The van der Waals surface area contributed by atoms with Gasteiger partial charge in [0.15, 0.2) is 0 Å².